The summed E-state index contributed by atoms with van der Waals surface area (Å²) in [5.74, 6) is -2.82. The van der Waals surface area contributed by atoms with Crippen LogP contribution in [0.5, 0.6) is 5.75 Å². The second-order valence-electron chi connectivity index (χ2n) is 4.42. The van der Waals surface area contributed by atoms with Crippen LogP contribution in [-0.4, -0.2) is 19.4 Å². The maximum atomic E-state index is 13.7. The predicted molar refractivity (Wildman–Crippen MR) is 64.6 cm³/mol. The lowest BCUT2D eigenvalue weighted by molar-refractivity contribution is 0.0887. The van der Waals surface area contributed by atoms with E-state index in [4.69, 9.17) is 5.73 Å². The van der Waals surface area contributed by atoms with Crippen molar-refractivity contribution in [3.63, 3.8) is 0 Å². The zero-order valence-corrected chi connectivity index (χ0v) is 10.7. The number of nitrogens with two attached hydrogens (primary N) is 1. The Labute approximate surface area is 105 Å². The maximum absolute atomic E-state index is 13.7. The molecule has 1 atom stereocenters. The van der Waals surface area contributed by atoms with Crippen LogP contribution >= 0.6 is 0 Å². The summed E-state index contributed by atoms with van der Waals surface area (Å²) in [6, 6.07) is 1.73. The van der Waals surface area contributed by atoms with E-state index in [1.54, 1.807) is 0 Å². The summed E-state index contributed by atoms with van der Waals surface area (Å²) in [4.78, 5) is 12.1. The van der Waals surface area contributed by atoms with Crippen molar-refractivity contribution in [3.8, 4) is 5.75 Å². The molecular formula is C13H17F2NO2. The third-order valence-corrected chi connectivity index (χ3v) is 2.90. The van der Waals surface area contributed by atoms with Gasteiger partial charge in [0.2, 0.25) is 0 Å². The Morgan fingerprint density at radius 1 is 1.33 bits per heavy atom. The molecule has 0 aliphatic carbocycles. The molecule has 1 aromatic rings. The smallest absolute Gasteiger partial charge is 0.170 e. The molecule has 1 aromatic carbocycles. The molecule has 0 aromatic heterocycles. The number of ketones is 1. The SMILES string of the molecule is COc1cc(F)c(C(=O)C(CN)C(C)C)cc1F. The Kier molecular flexibility index (Phi) is 4.78. The summed E-state index contributed by atoms with van der Waals surface area (Å²) < 4.78 is 31.8. The summed E-state index contributed by atoms with van der Waals surface area (Å²) in [6.07, 6.45) is 0. The molecule has 0 saturated heterocycles. The van der Waals surface area contributed by atoms with Gasteiger partial charge in [-0.2, -0.15) is 0 Å². The molecular weight excluding hydrogens is 240 g/mol. The Balaban J connectivity index is 3.17. The molecule has 0 spiro atoms. The van der Waals surface area contributed by atoms with Gasteiger partial charge in [-0.3, -0.25) is 4.79 Å². The number of rotatable bonds is 5. The topological polar surface area (TPSA) is 52.3 Å². The van der Waals surface area contributed by atoms with Gasteiger partial charge >= 0.3 is 0 Å². The minimum absolute atomic E-state index is 0.0351. The van der Waals surface area contributed by atoms with Gasteiger partial charge in [-0.15, -0.1) is 0 Å². The van der Waals surface area contributed by atoms with E-state index in [0.717, 1.165) is 12.1 Å². The molecule has 0 bridgehead atoms. The van der Waals surface area contributed by atoms with Gasteiger partial charge in [-0.1, -0.05) is 13.8 Å². The molecule has 0 saturated carbocycles. The van der Waals surface area contributed by atoms with Crippen LogP contribution < -0.4 is 10.5 Å². The molecule has 0 amide bonds. The number of hydrogen-bond acceptors (Lipinski definition) is 3. The van der Waals surface area contributed by atoms with Gasteiger partial charge in [0, 0.05) is 18.5 Å². The molecule has 100 valence electrons. The predicted octanol–water partition coefficient (Wildman–Crippen LogP) is 2.39. The molecule has 0 aliphatic heterocycles. The van der Waals surface area contributed by atoms with E-state index in [-0.39, 0.29) is 23.8 Å². The van der Waals surface area contributed by atoms with Crippen molar-refractivity contribution in [2.45, 2.75) is 13.8 Å². The van der Waals surface area contributed by atoms with Crippen molar-refractivity contribution >= 4 is 5.78 Å². The Bertz CT molecular complexity index is 447. The first-order chi connectivity index (χ1) is 8.42. The zero-order valence-electron chi connectivity index (χ0n) is 10.7. The van der Waals surface area contributed by atoms with Crippen molar-refractivity contribution in [1.29, 1.82) is 0 Å². The number of benzene rings is 1. The molecule has 18 heavy (non-hydrogen) atoms. The van der Waals surface area contributed by atoms with Crippen LogP contribution in [0.2, 0.25) is 0 Å². The van der Waals surface area contributed by atoms with Gasteiger partial charge in [0.1, 0.15) is 5.82 Å². The van der Waals surface area contributed by atoms with Gasteiger partial charge in [-0.05, 0) is 12.0 Å². The fourth-order valence-electron chi connectivity index (χ4n) is 1.76. The van der Waals surface area contributed by atoms with Crippen LogP contribution in [0.1, 0.15) is 24.2 Å². The van der Waals surface area contributed by atoms with Crippen LogP contribution in [0.15, 0.2) is 12.1 Å². The van der Waals surface area contributed by atoms with E-state index in [1.165, 1.54) is 7.11 Å². The van der Waals surface area contributed by atoms with E-state index in [1.807, 2.05) is 13.8 Å². The molecule has 0 fully saturated rings. The van der Waals surface area contributed by atoms with Crippen LogP contribution in [-0.2, 0) is 0 Å². The van der Waals surface area contributed by atoms with E-state index in [2.05, 4.69) is 4.74 Å². The monoisotopic (exact) mass is 257 g/mol. The molecule has 0 aliphatic rings. The molecule has 2 N–H and O–H groups in total. The largest absolute Gasteiger partial charge is 0.494 e. The minimum Gasteiger partial charge on any atom is -0.494 e. The van der Waals surface area contributed by atoms with Crippen LogP contribution in [0.4, 0.5) is 8.78 Å². The normalized spacial score (nSPS) is 12.6. The highest BCUT2D eigenvalue weighted by molar-refractivity contribution is 5.98. The third kappa shape index (κ3) is 2.85. The molecule has 1 rings (SSSR count). The van der Waals surface area contributed by atoms with Crippen molar-refractivity contribution in [2.75, 3.05) is 13.7 Å². The summed E-state index contributed by atoms with van der Waals surface area (Å²) in [5.41, 5.74) is 5.21. The number of hydrogen-bond donors (Lipinski definition) is 1. The third-order valence-electron chi connectivity index (χ3n) is 2.90. The fourth-order valence-corrected chi connectivity index (χ4v) is 1.76. The molecule has 3 nitrogen and oxygen atoms in total. The Hall–Kier alpha value is -1.49. The first-order valence-electron chi connectivity index (χ1n) is 5.69. The van der Waals surface area contributed by atoms with Crippen molar-refractivity contribution < 1.29 is 18.3 Å². The summed E-state index contributed by atoms with van der Waals surface area (Å²) in [7, 11) is 1.23. The highest BCUT2D eigenvalue weighted by Gasteiger charge is 2.25. The summed E-state index contributed by atoms with van der Waals surface area (Å²) >= 11 is 0. The molecule has 0 radical (unpaired) electrons. The number of halogens is 2. The second-order valence-corrected chi connectivity index (χ2v) is 4.42. The summed E-state index contributed by atoms with van der Waals surface area (Å²) in [5, 5.41) is 0. The molecule has 1 unspecified atom stereocenters. The standard InChI is InChI=1S/C13H17F2NO2/c1-7(2)9(6-16)13(17)8-4-11(15)12(18-3)5-10(8)14/h4-5,7,9H,6,16H2,1-3H3. The lowest BCUT2D eigenvalue weighted by atomic mass is 9.88. The van der Waals surface area contributed by atoms with Gasteiger partial charge in [0.25, 0.3) is 0 Å². The number of carbonyl (C=O) groups excluding carboxylic acids is 1. The zero-order chi connectivity index (χ0) is 13.9. The summed E-state index contributed by atoms with van der Waals surface area (Å²) in [6.45, 7) is 3.73. The second kappa shape index (κ2) is 5.91. The Morgan fingerprint density at radius 2 is 1.94 bits per heavy atom. The highest BCUT2D eigenvalue weighted by Crippen LogP contribution is 2.25. The first kappa shape index (κ1) is 14.6. The molecule has 5 heteroatoms. The lowest BCUT2D eigenvalue weighted by Crippen LogP contribution is -2.29. The van der Waals surface area contributed by atoms with Crippen LogP contribution in [0.3, 0.4) is 0 Å². The van der Waals surface area contributed by atoms with Crippen molar-refractivity contribution in [3.05, 3.63) is 29.3 Å². The lowest BCUT2D eigenvalue weighted by Gasteiger charge is -2.18. The average molecular weight is 257 g/mol. The van der Waals surface area contributed by atoms with Gasteiger partial charge in [0.05, 0.1) is 12.7 Å². The van der Waals surface area contributed by atoms with E-state index in [0.29, 0.717) is 0 Å². The number of Topliss-reactive ketones (excluding diaryl/α,β-unsaturated/α-hetero) is 1. The fraction of sp³-hybridized carbons (Fsp3) is 0.462. The first-order valence-corrected chi connectivity index (χ1v) is 5.69. The van der Waals surface area contributed by atoms with E-state index in [9.17, 15) is 13.6 Å². The van der Waals surface area contributed by atoms with Crippen LogP contribution in [0.25, 0.3) is 0 Å². The van der Waals surface area contributed by atoms with Gasteiger partial charge in [-0.25, -0.2) is 8.78 Å². The number of ether oxygens (including phenoxy) is 1. The van der Waals surface area contributed by atoms with E-state index < -0.39 is 23.3 Å². The average Bonchev–Trinajstić information content (AvgIpc) is 2.31. The van der Waals surface area contributed by atoms with Gasteiger partial charge < -0.3 is 10.5 Å². The van der Waals surface area contributed by atoms with Gasteiger partial charge in [0.15, 0.2) is 17.3 Å². The number of carbonyl (C=O) groups is 1. The van der Waals surface area contributed by atoms with E-state index >= 15 is 0 Å². The van der Waals surface area contributed by atoms with Crippen molar-refractivity contribution in [1.82, 2.24) is 0 Å². The van der Waals surface area contributed by atoms with Crippen LogP contribution in [0, 0.1) is 23.5 Å². The quantitative estimate of drug-likeness (QED) is 0.824. The molecule has 0 heterocycles. The van der Waals surface area contributed by atoms with Crippen molar-refractivity contribution in [2.24, 2.45) is 17.6 Å². The maximum Gasteiger partial charge on any atom is 0.170 e. The number of methoxy groups -OCH3 is 1. The minimum atomic E-state index is -0.794. The highest BCUT2D eigenvalue weighted by atomic mass is 19.1. The Morgan fingerprint density at radius 3 is 2.39 bits per heavy atom.